The Balaban J connectivity index is 2.76. The summed E-state index contributed by atoms with van der Waals surface area (Å²) in [6, 6.07) is 4.24. The number of hydrogen-bond donors (Lipinski definition) is 2. The molecule has 0 radical (unpaired) electrons. The highest BCUT2D eigenvalue weighted by atomic mass is 32.2. The molecule has 94 valence electrons. The highest BCUT2D eigenvalue weighted by Crippen LogP contribution is 2.24. The second kappa shape index (κ2) is 7.13. The van der Waals surface area contributed by atoms with E-state index >= 15 is 0 Å². The Bertz CT molecular complexity index is 399. The van der Waals surface area contributed by atoms with Crippen LogP contribution in [0, 0.1) is 5.82 Å². The first kappa shape index (κ1) is 13.8. The van der Waals surface area contributed by atoms with Gasteiger partial charge in [0.1, 0.15) is 5.82 Å². The number of rotatable bonds is 6. The van der Waals surface area contributed by atoms with Gasteiger partial charge in [0, 0.05) is 29.9 Å². The molecule has 0 aliphatic carbocycles. The SMILES string of the molecule is COCCCSc1ccc(F)cc1/C(N)=N/O. The predicted octanol–water partition coefficient (Wildman–Crippen LogP) is 2.05. The molecule has 0 aromatic heterocycles. The summed E-state index contributed by atoms with van der Waals surface area (Å²) in [5.74, 6) is 0.331. The third-order valence-corrected chi connectivity index (χ3v) is 3.24. The van der Waals surface area contributed by atoms with Crippen molar-refractivity contribution in [3.8, 4) is 0 Å². The fraction of sp³-hybridized carbons (Fsp3) is 0.364. The van der Waals surface area contributed by atoms with Crippen LogP contribution in [-0.4, -0.2) is 30.5 Å². The highest BCUT2D eigenvalue weighted by molar-refractivity contribution is 7.99. The molecule has 0 aliphatic heterocycles. The predicted molar refractivity (Wildman–Crippen MR) is 66.1 cm³/mol. The molecule has 1 aromatic carbocycles. The molecule has 1 aromatic rings. The number of methoxy groups -OCH3 is 1. The van der Waals surface area contributed by atoms with E-state index < -0.39 is 5.82 Å². The van der Waals surface area contributed by atoms with Crippen molar-refractivity contribution >= 4 is 17.6 Å². The Kier molecular flexibility index (Phi) is 5.79. The number of halogens is 1. The normalized spacial score (nSPS) is 11.8. The van der Waals surface area contributed by atoms with E-state index in [9.17, 15) is 4.39 Å². The molecule has 0 bridgehead atoms. The molecule has 0 atom stereocenters. The van der Waals surface area contributed by atoms with Crippen molar-refractivity contribution in [2.75, 3.05) is 19.5 Å². The Morgan fingerprint density at radius 1 is 1.59 bits per heavy atom. The zero-order valence-electron chi connectivity index (χ0n) is 9.52. The molecule has 0 saturated carbocycles. The van der Waals surface area contributed by atoms with E-state index in [1.54, 1.807) is 13.2 Å². The van der Waals surface area contributed by atoms with E-state index in [4.69, 9.17) is 15.7 Å². The van der Waals surface area contributed by atoms with E-state index in [1.165, 1.54) is 23.9 Å². The van der Waals surface area contributed by atoms with Gasteiger partial charge in [-0.3, -0.25) is 0 Å². The van der Waals surface area contributed by atoms with Gasteiger partial charge in [0.15, 0.2) is 5.84 Å². The van der Waals surface area contributed by atoms with Crippen LogP contribution < -0.4 is 5.73 Å². The summed E-state index contributed by atoms with van der Waals surface area (Å²) < 4.78 is 18.0. The largest absolute Gasteiger partial charge is 0.409 e. The first-order chi connectivity index (χ1) is 8.19. The first-order valence-electron chi connectivity index (χ1n) is 5.08. The quantitative estimate of drug-likeness (QED) is 0.205. The fourth-order valence-electron chi connectivity index (χ4n) is 1.27. The van der Waals surface area contributed by atoms with Gasteiger partial charge in [0.2, 0.25) is 0 Å². The third kappa shape index (κ3) is 4.24. The van der Waals surface area contributed by atoms with Crippen LogP contribution in [-0.2, 0) is 4.74 Å². The molecular weight excluding hydrogens is 243 g/mol. The van der Waals surface area contributed by atoms with Crippen molar-refractivity contribution < 1.29 is 14.3 Å². The first-order valence-corrected chi connectivity index (χ1v) is 6.06. The van der Waals surface area contributed by atoms with Crippen LogP contribution in [0.2, 0.25) is 0 Å². The Hall–Kier alpha value is -1.27. The molecular formula is C11H15FN2O2S. The van der Waals surface area contributed by atoms with Crippen molar-refractivity contribution in [2.24, 2.45) is 10.9 Å². The zero-order chi connectivity index (χ0) is 12.7. The molecule has 17 heavy (non-hydrogen) atoms. The van der Waals surface area contributed by atoms with Gasteiger partial charge in [-0.1, -0.05) is 5.16 Å². The maximum absolute atomic E-state index is 13.1. The van der Waals surface area contributed by atoms with E-state index in [1.807, 2.05) is 0 Å². The number of nitrogens with two attached hydrogens (primary N) is 1. The summed E-state index contributed by atoms with van der Waals surface area (Å²) in [4.78, 5) is 0.790. The van der Waals surface area contributed by atoms with Crippen molar-refractivity contribution in [1.29, 1.82) is 0 Å². The van der Waals surface area contributed by atoms with Crippen LogP contribution in [0.15, 0.2) is 28.3 Å². The number of ether oxygens (including phenoxy) is 1. The summed E-state index contributed by atoms with van der Waals surface area (Å²) in [6.07, 6.45) is 0.883. The van der Waals surface area contributed by atoms with Gasteiger partial charge in [0.05, 0.1) is 0 Å². The Morgan fingerprint density at radius 2 is 2.35 bits per heavy atom. The molecule has 4 nitrogen and oxygen atoms in total. The van der Waals surface area contributed by atoms with E-state index in [-0.39, 0.29) is 5.84 Å². The number of oxime groups is 1. The van der Waals surface area contributed by atoms with Gasteiger partial charge >= 0.3 is 0 Å². The summed E-state index contributed by atoms with van der Waals surface area (Å²) >= 11 is 1.52. The number of amidine groups is 1. The van der Waals surface area contributed by atoms with E-state index in [2.05, 4.69) is 5.16 Å². The number of thioether (sulfide) groups is 1. The molecule has 0 amide bonds. The summed E-state index contributed by atoms with van der Waals surface area (Å²) in [7, 11) is 1.64. The van der Waals surface area contributed by atoms with Gasteiger partial charge in [-0.05, 0) is 24.6 Å². The van der Waals surface area contributed by atoms with E-state index in [0.29, 0.717) is 12.2 Å². The van der Waals surface area contributed by atoms with Crippen LogP contribution in [0.5, 0.6) is 0 Å². The molecule has 0 fully saturated rings. The average Bonchev–Trinajstić information content (AvgIpc) is 2.35. The van der Waals surface area contributed by atoms with Crippen molar-refractivity contribution in [2.45, 2.75) is 11.3 Å². The lowest BCUT2D eigenvalue weighted by Gasteiger charge is -2.07. The highest BCUT2D eigenvalue weighted by Gasteiger charge is 2.09. The topological polar surface area (TPSA) is 67.8 Å². The standard InChI is InChI=1S/C11H15FN2O2S/c1-16-5-2-6-17-10-4-3-8(12)7-9(10)11(13)14-15/h3-4,7,15H,2,5-6H2,1H3,(H2,13,14). The second-order valence-corrected chi connectivity index (χ2v) is 4.46. The molecule has 3 N–H and O–H groups in total. The lowest BCUT2D eigenvalue weighted by Crippen LogP contribution is -2.14. The van der Waals surface area contributed by atoms with Gasteiger partial charge in [-0.2, -0.15) is 0 Å². The van der Waals surface area contributed by atoms with Gasteiger partial charge in [0.25, 0.3) is 0 Å². The van der Waals surface area contributed by atoms with Crippen molar-refractivity contribution in [3.63, 3.8) is 0 Å². The monoisotopic (exact) mass is 258 g/mol. The number of hydrogen-bond acceptors (Lipinski definition) is 4. The minimum absolute atomic E-state index is 0.0845. The smallest absolute Gasteiger partial charge is 0.171 e. The van der Waals surface area contributed by atoms with Crippen molar-refractivity contribution in [3.05, 3.63) is 29.6 Å². The van der Waals surface area contributed by atoms with Crippen LogP contribution >= 0.6 is 11.8 Å². The summed E-state index contributed by atoms with van der Waals surface area (Å²) in [6.45, 7) is 0.674. The van der Waals surface area contributed by atoms with Gasteiger partial charge < -0.3 is 15.7 Å². The summed E-state index contributed by atoms with van der Waals surface area (Å²) in [5.41, 5.74) is 5.90. The molecule has 0 saturated heterocycles. The minimum atomic E-state index is -0.409. The summed E-state index contributed by atoms with van der Waals surface area (Å²) in [5, 5.41) is 11.5. The third-order valence-electron chi connectivity index (χ3n) is 2.08. The maximum Gasteiger partial charge on any atom is 0.171 e. The Morgan fingerprint density at radius 3 is 3.00 bits per heavy atom. The van der Waals surface area contributed by atoms with Crippen molar-refractivity contribution in [1.82, 2.24) is 0 Å². The molecule has 1 rings (SSSR count). The average molecular weight is 258 g/mol. The van der Waals surface area contributed by atoms with Crippen LogP contribution in [0.25, 0.3) is 0 Å². The molecule has 0 unspecified atom stereocenters. The Labute approximate surface area is 104 Å². The van der Waals surface area contributed by atoms with Crippen LogP contribution in [0.1, 0.15) is 12.0 Å². The number of benzene rings is 1. The molecule has 6 heteroatoms. The molecule has 0 heterocycles. The van der Waals surface area contributed by atoms with Gasteiger partial charge in [-0.25, -0.2) is 4.39 Å². The van der Waals surface area contributed by atoms with Gasteiger partial charge in [-0.15, -0.1) is 11.8 Å². The fourth-order valence-corrected chi connectivity index (χ4v) is 2.23. The lowest BCUT2D eigenvalue weighted by molar-refractivity contribution is 0.200. The number of nitrogens with zero attached hydrogens (tertiary/aromatic N) is 1. The van der Waals surface area contributed by atoms with Crippen LogP contribution in [0.4, 0.5) is 4.39 Å². The molecule has 0 spiro atoms. The minimum Gasteiger partial charge on any atom is -0.409 e. The lowest BCUT2D eigenvalue weighted by atomic mass is 10.2. The van der Waals surface area contributed by atoms with Crippen LogP contribution in [0.3, 0.4) is 0 Å². The van der Waals surface area contributed by atoms with E-state index in [0.717, 1.165) is 17.1 Å². The maximum atomic E-state index is 13.1. The zero-order valence-corrected chi connectivity index (χ0v) is 10.3. The molecule has 0 aliphatic rings. The second-order valence-electron chi connectivity index (χ2n) is 3.32.